The average molecular weight is 326 g/mol. The highest BCUT2D eigenvalue weighted by Crippen LogP contribution is 2.22. The number of rotatable bonds is 3. The summed E-state index contributed by atoms with van der Waals surface area (Å²) in [6.45, 7) is 1.82. The van der Waals surface area contributed by atoms with Gasteiger partial charge in [0.05, 0.1) is 0 Å². The summed E-state index contributed by atoms with van der Waals surface area (Å²) in [6.07, 6.45) is 0.385. The lowest BCUT2D eigenvalue weighted by molar-refractivity contribution is 0.577. The van der Waals surface area contributed by atoms with Crippen molar-refractivity contribution >= 4 is 15.9 Å². The summed E-state index contributed by atoms with van der Waals surface area (Å²) in [6, 6.07) is 9.04. The predicted octanol–water partition coefficient (Wildman–Crippen LogP) is 4.28. The molecule has 0 bridgehead atoms. The van der Waals surface area contributed by atoms with Gasteiger partial charge in [-0.15, -0.1) is 0 Å². The molecule has 0 aromatic heterocycles. The van der Waals surface area contributed by atoms with E-state index < -0.39 is 6.04 Å². The molecule has 0 spiro atoms. The van der Waals surface area contributed by atoms with E-state index in [2.05, 4.69) is 15.9 Å². The summed E-state index contributed by atoms with van der Waals surface area (Å²) < 4.78 is 27.7. The molecule has 2 rings (SSSR count). The van der Waals surface area contributed by atoms with Crippen LogP contribution < -0.4 is 5.73 Å². The van der Waals surface area contributed by atoms with Gasteiger partial charge in [0.2, 0.25) is 0 Å². The van der Waals surface area contributed by atoms with Crippen molar-refractivity contribution in [3.8, 4) is 0 Å². The summed E-state index contributed by atoms with van der Waals surface area (Å²) >= 11 is 3.23. The Labute approximate surface area is 119 Å². The van der Waals surface area contributed by atoms with E-state index in [-0.39, 0.29) is 11.6 Å². The monoisotopic (exact) mass is 325 g/mol. The van der Waals surface area contributed by atoms with E-state index in [1.54, 1.807) is 12.1 Å². The first-order valence-corrected chi connectivity index (χ1v) is 6.71. The lowest BCUT2D eigenvalue weighted by Crippen LogP contribution is -2.15. The highest BCUT2D eigenvalue weighted by molar-refractivity contribution is 9.10. The molecule has 1 nitrogen and oxygen atoms in total. The molecule has 2 aromatic carbocycles. The maximum Gasteiger partial charge on any atom is 0.128 e. The molecule has 1 atom stereocenters. The van der Waals surface area contributed by atoms with E-state index in [4.69, 9.17) is 5.73 Å². The smallest absolute Gasteiger partial charge is 0.128 e. The van der Waals surface area contributed by atoms with Crippen molar-refractivity contribution < 1.29 is 8.78 Å². The summed E-state index contributed by atoms with van der Waals surface area (Å²) in [5.74, 6) is -0.649. The number of halogens is 3. The van der Waals surface area contributed by atoms with Crippen molar-refractivity contribution in [3.05, 3.63) is 69.2 Å². The first-order valence-electron chi connectivity index (χ1n) is 5.92. The summed E-state index contributed by atoms with van der Waals surface area (Å²) in [5, 5.41) is 0. The molecule has 0 saturated heterocycles. The molecule has 0 aliphatic carbocycles. The van der Waals surface area contributed by atoms with E-state index in [0.717, 1.165) is 11.1 Å². The fourth-order valence-corrected chi connectivity index (χ4v) is 2.54. The third-order valence-electron chi connectivity index (χ3n) is 2.93. The number of aryl methyl sites for hydroxylation is 1. The van der Waals surface area contributed by atoms with E-state index in [0.29, 0.717) is 16.5 Å². The number of nitrogens with two attached hydrogens (primary N) is 1. The van der Waals surface area contributed by atoms with Gasteiger partial charge in [0.25, 0.3) is 0 Å². The van der Waals surface area contributed by atoms with Crippen molar-refractivity contribution in [3.63, 3.8) is 0 Å². The first-order chi connectivity index (χ1) is 8.95. The number of hydrogen-bond acceptors (Lipinski definition) is 1. The molecule has 0 aliphatic rings. The van der Waals surface area contributed by atoms with Crippen molar-refractivity contribution in [2.45, 2.75) is 19.4 Å². The van der Waals surface area contributed by atoms with E-state index >= 15 is 0 Å². The van der Waals surface area contributed by atoms with Crippen LogP contribution in [0.3, 0.4) is 0 Å². The molecule has 4 heteroatoms. The topological polar surface area (TPSA) is 26.0 Å². The quantitative estimate of drug-likeness (QED) is 0.895. The second kappa shape index (κ2) is 5.80. The maximum absolute atomic E-state index is 13.8. The summed E-state index contributed by atoms with van der Waals surface area (Å²) in [5.41, 5.74) is 8.03. The largest absolute Gasteiger partial charge is 0.324 e. The second-order valence-corrected chi connectivity index (χ2v) is 5.53. The van der Waals surface area contributed by atoms with Crippen LogP contribution in [0, 0.1) is 18.6 Å². The summed E-state index contributed by atoms with van der Waals surface area (Å²) in [4.78, 5) is 0. The molecular weight excluding hydrogens is 312 g/mol. The van der Waals surface area contributed by atoms with E-state index in [1.165, 1.54) is 18.2 Å². The molecule has 0 amide bonds. The Bertz CT molecular complexity index is 578. The molecule has 0 aliphatic heterocycles. The molecule has 0 heterocycles. The van der Waals surface area contributed by atoms with Gasteiger partial charge < -0.3 is 5.73 Å². The Morgan fingerprint density at radius 2 is 1.89 bits per heavy atom. The molecule has 100 valence electrons. The van der Waals surface area contributed by atoms with Gasteiger partial charge in [0.15, 0.2) is 0 Å². The van der Waals surface area contributed by atoms with Crippen LogP contribution in [0.1, 0.15) is 22.7 Å². The molecule has 0 fully saturated rings. The van der Waals surface area contributed by atoms with Crippen molar-refractivity contribution in [1.82, 2.24) is 0 Å². The summed E-state index contributed by atoms with van der Waals surface area (Å²) in [7, 11) is 0. The maximum atomic E-state index is 13.8. The first kappa shape index (κ1) is 14.2. The van der Waals surface area contributed by atoms with Crippen LogP contribution in [-0.2, 0) is 6.42 Å². The Kier molecular flexibility index (Phi) is 4.32. The van der Waals surface area contributed by atoms with Crippen molar-refractivity contribution in [1.29, 1.82) is 0 Å². The Hall–Kier alpha value is -1.26. The van der Waals surface area contributed by atoms with Crippen LogP contribution in [0.15, 0.2) is 40.9 Å². The van der Waals surface area contributed by atoms with Crippen LogP contribution in [0.5, 0.6) is 0 Å². The highest BCUT2D eigenvalue weighted by atomic mass is 79.9. The van der Waals surface area contributed by atoms with E-state index in [1.807, 2.05) is 13.0 Å². The lowest BCUT2D eigenvalue weighted by Gasteiger charge is -2.14. The zero-order chi connectivity index (χ0) is 14.0. The molecule has 19 heavy (non-hydrogen) atoms. The molecule has 2 aromatic rings. The van der Waals surface area contributed by atoms with Gasteiger partial charge >= 0.3 is 0 Å². The van der Waals surface area contributed by atoms with Gasteiger partial charge in [-0.25, -0.2) is 8.78 Å². The normalized spacial score (nSPS) is 12.5. The van der Waals surface area contributed by atoms with Gasteiger partial charge in [-0.05, 0) is 48.7 Å². The zero-order valence-electron chi connectivity index (χ0n) is 10.5. The third kappa shape index (κ3) is 3.61. The fraction of sp³-hybridized carbons (Fsp3) is 0.200. The number of hydrogen-bond donors (Lipinski definition) is 1. The number of benzene rings is 2. The minimum absolute atomic E-state index is 0.317. The minimum Gasteiger partial charge on any atom is -0.324 e. The Morgan fingerprint density at radius 1 is 1.16 bits per heavy atom. The molecule has 0 saturated carbocycles. The van der Waals surface area contributed by atoms with Gasteiger partial charge in [0.1, 0.15) is 11.6 Å². The average Bonchev–Trinajstić information content (AvgIpc) is 2.26. The third-order valence-corrected chi connectivity index (χ3v) is 3.39. The van der Waals surface area contributed by atoms with Gasteiger partial charge in [-0.2, -0.15) is 0 Å². The molecule has 0 radical (unpaired) electrons. The van der Waals surface area contributed by atoms with Crippen LogP contribution in [0.25, 0.3) is 0 Å². The lowest BCUT2D eigenvalue weighted by atomic mass is 9.98. The zero-order valence-corrected chi connectivity index (χ0v) is 12.0. The predicted molar refractivity (Wildman–Crippen MR) is 75.9 cm³/mol. The second-order valence-electron chi connectivity index (χ2n) is 4.61. The van der Waals surface area contributed by atoms with Crippen LogP contribution >= 0.6 is 15.9 Å². The van der Waals surface area contributed by atoms with Gasteiger partial charge in [0, 0.05) is 16.1 Å². The van der Waals surface area contributed by atoms with Gasteiger partial charge in [-0.3, -0.25) is 0 Å². The molecule has 1 unspecified atom stereocenters. The molecular formula is C15H14BrF2N. The highest BCUT2D eigenvalue weighted by Gasteiger charge is 2.13. The van der Waals surface area contributed by atoms with Gasteiger partial charge in [-0.1, -0.05) is 28.1 Å². The van der Waals surface area contributed by atoms with E-state index in [9.17, 15) is 8.78 Å². The standard InChI is InChI=1S/C15H14BrF2N/c1-9-2-3-13(14(18)4-9)15(19)7-10-5-11(16)8-12(17)6-10/h2-6,8,15H,7,19H2,1H3. The van der Waals surface area contributed by atoms with Crippen molar-refractivity contribution in [2.75, 3.05) is 0 Å². The Morgan fingerprint density at radius 3 is 2.53 bits per heavy atom. The van der Waals surface area contributed by atoms with Crippen LogP contribution in [0.2, 0.25) is 0 Å². The van der Waals surface area contributed by atoms with Crippen LogP contribution in [-0.4, -0.2) is 0 Å². The SMILES string of the molecule is Cc1ccc(C(N)Cc2cc(F)cc(Br)c2)c(F)c1. The fourth-order valence-electron chi connectivity index (χ4n) is 2.03. The van der Waals surface area contributed by atoms with Crippen molar-refractivity contribution in [2.24, 2.45) is 5.73 Å². The molecule has 2 N–H and O–H groups in total. The van der Waals surface area contributed by atoms with Crippen LogP contribution in [0.4, 0.5) is 8.78 Å². The Balaban J connectivity index is 2.22. The minimum atomic E-state index is -0.491.